The zero-order chi connectivity index (χ0) is 24.5. The summed E-state index contributed by atoms with van der Waals surface area (Å²) in [5.41, 5.74) is 2.63. The number of aliphatic hydroxyl groups is 1. The van der Waals surface area contributed by atoms with Gasteiger partial charge < -0.3 is 19.3 Å². The third-order valence-electron chi connectivity index (χ3n) is 5.39. The van der Waals surface area contributed by atoms with Crippen LogP contribution < -0.4 is 9.47 Å². The second kappa shape index (κ2) is 12.8. The molecule has 1 N–H and O–H groups in total. The van der Waals surface area contributed by atoms with Crippen LogP contribution in [0.5, 0.6) is 17.4 Å². The van der Waals surface area contributed by atoms with Gasteiger partial charge in [-0.1, -0.05) is 30.7 Å². The number of methoxy groups -OCH3 is 1. The molecule has 2 aromatic carbocycles. The first-order chi connectivity index (χ1) is 16.5. The van der Waals surface area contributed by atoms with Crippen molar-refractivity contribution in [3.8, 4) is 23.1 Å². The molecule has 0 bridgehead atoms. The van der Waals surface area contributed by atoms with Crippen molar-refractivity contribution in [3.05, 3.63) is 64.8 Å². The minimum atomic E-state index is -0.572. The lowest BCUT2D eigenvalue weighted by Crippen LogP contribution is -2.35. The summed E-state index contributed by atoms with van der Waals surface area (Å²) in [4.78, 5) is 2.20. The number of halogens is 1. The summed E-state index contributed by atoms with van der Waals surface area (Å²) in [7, 11) is 1.62. The van der Waals surface area contributed by atoms with E-state index in [1.54, 1.807) is 11.8 Å². The van der Waals surface area contributed by atoms with Crippen LogP contribution in [0, 0.1) is 6.92 Å². The molecule has 0 fully saturated rings. The molecule has 1 atom stereocenters. The van der Waals surface area contributed by atoms with E-state index < -0.39 is 6.10 Å². The number of ether oxygens (including phenoxy) is 3. The van der Waals surface area contributed by atoms with Crippen molar-refractivity contribution in [1.82, 2.24) is 14.7 Å². The topological polar surface area (TPSA) is 69.0 Å². The van der Waals surface area contributed by atoms with Crippen LogP contribution >= 0.6 is 11.6 Å². The Kier molecular flexibility index (Phi) is 9.77. The van der Waals surface area contributed by atoms with Gasteiger partial charge in [0.15, 0.2) is 11.5 Å². The molecule has 0 spiro atoms. The number of rotatable bonds is 13. The van der Waals surface area contributed by atoms with E-state index in [1.165, 1.54) is 0 Å². The molecular weight excluding hydrogens is 454 g/mol. The van der Waals surface area contributed by atoms with E-state index in [9.17, 15) is 5.11 Å². The van der Waals surface area contributed by atoms with Gasteiger partial charge in [-0.2, -0.15) is 5.10 Å². The van der Waals surface area contributed by atoms with Crippen molar-refractivity contribution in [2.45, 2.75) is 39.8 Å². The Bertz CT molecular complexity index is 1040. The van der Waals surface area contributed by atoms with Gasteiger partial charge >= 0.3 is 0 Å². The van der Waals surface area contributed by atoms with Crippen LogP contribution in [-0.4, -0.2) is 59.3 Å². The average Bonchev–Trinajstić information content (AvgIpc) is 3.13. The molecule has 0 unspecified atom stereocenters. The van der Waals surface area contributed by atoms with Crippen molar-refractivity contribution >= 4 is 11.6 Å². The fourth-order valence-electron chi connectivity index (χ4n) is 3.77. The van der Waals surface area contributed by atoms with Gasteiger partial charge in [-0.25, -0.2) is 4.68 Å². The fourth-order valence-corrected chi connectivity index (χ4v) is 3.90. The summed E-state index contributed by atoms with van der Waals surface area (Å²) in [6.07, 6.45) is 0.380. The second-order valence-electron chi connectivity index (χ2n) is 8.06. The number of hydrogen-bond donors (Lipinski definition) is 1. The molecule has 3 aromatic rings. The molecular formula is C26H34ClN3O4. The maximum Gasteiger partial charge on any atom is 0.227 e. The molecule has 0 radical (unpaired) electrons. The summed E-state index contributed by atoms with van der Waals surface area (Å²) in [5.74, 6) is 1.83. The van der Waals surface area contributed by atoms with Crippen molar-refractivity contribution in [2.24, 2.45) is 0 Å². The van der Waals surface area contributed by atoms with E-state index in [0.717, 1.165) is 29.9 Å². The summed E-state index contributed by atoms with van der Waals surface area (Å²) >= 11 is 6.11. The molecule has 184 valence electrons. The molecule has 0 aliphatic carbocycles. The van der Waals surface area contributed by atoms with Gasteiger partial charge in [-0.05, 0) is 63.2 Å². The van der Waals surface area contributed by atoms with Crippen molar-refractivity contribution < 1.29 is 19.3 Å². The highest BCUT2D eigenvalue weighted by molar-refractivity contribution is 6.30. The molecule has 0 aliphatic rings. The number of nitrogens with zero attached hydrogens (tertiary/aromatic N) is 3. The third-order valence-corrected chi connectivity index (χ3v) is 5.64. The van der Waals surface area contributed by atoms with Gasteiger partial charge in [0.1, 0.15) is 0 Å². The SMILES string of the molecule is CCCN(Cc1c(C)nn(-c2ccc(Cl)cc2)c1Oc1ccccc1OC)C[C@@H](O)COCC. The average molecular weight is 488 g/mol. The van der Waals surface area contributed by atoms with Crippen molar-refractivity contribution in [1.29, 1.82) is 0 Å². The lowest BCUT2D eigenvalue weighted by Gasteiger charge is -2.25. The zero-order valence-corrected chi connectivity index (χ0v) is 21.1. The normalized spacial score (nSPS) is 12.2. The predicted molar refractivity (Wildman–Crippen MR) is 134 cm³/mol. The van der Waals surface area contributed by atoms with Crippen LogP contribution in [0.15, 0.2) is 48.5 Å². The van der Waals surface area contributed by atoms with E-state index in [2.05, 4.69) is 11.8 Å². The minimum absolute atomic E-state index is 0.310. The second-order valence-corrected chi connectivity index (χ2v) is 8.50. The maximum absolute atomic E-state index is 10.5. The highest BCUT2D eigenvalue weighted by Gasteiger charge is 2.23. The largest absolute Gasteiger partial charge is 0.493 e. The maximum atomic E-state index is 10.5. The monoisotopic (exact) mass is 487 g/mol. The van der Waals surface area contributed by atoms with Crippen molar-refractivity contribution in [3.63, 3.8) is 0 Å². The fraction of sp³-hybridized carbons (Fsp3) is 0.423. The van der Waals surface area contributed by atoms with Crippen LogP contribution in [0.1, 0.15) is 31.5 Å². The number of hydrogen-bond acceptors (Lipinski definition) is 6. The minimum Gasteiger partial charge on any atom is -0.493 e. The molecule has 1 heterocycles. The van der Waals surface area contributed by atoms with Gasteiger partial charge in [0.2, 0.25) is 5.88 Å². The van der Waals surface area contributed by atoms with E-state index in [1.807, 2.05) is 62.4 Å². The number of aryl methyl sites for hydroxylation is 1. The lowest BCUT2D eigenvalue weighted by molar-refractivity contribution is 0.0195. The Morgan fingerprint density at radius 2 is 1.79 bits per heavy atom. The van der Waals surface area contributed by atoms with Crippen LogP contribution in [0.2, 0.25) is 5.02 Å². The Balaban J connectivity index is 2.00. The Morgan fingerprint density at radius 3 is 2.44 bits per heavy atom. The van der Waals surface area contributed by atoms with Crippen LogP contribution in [-0.2, 0) is 11.3 Å². The lowest BCUT2D eigenvalue weighted by atomic mass is 10.2. The van der Waals surface area contributed by atoms with Gasteiger partial charge in [-0.3, -0.25) is 4.90 Å². The first-order valence-corrected chi connectivity index (χ1v) is 12.0. The highest BCUT2D eigenvalue weighted by Crippen LogP contribution is 2.36. The number of para-hydroxylation sites is 2. The molecule has 34 heavy (non-hydrogen) atoms. The molecule has 0 aliphatic heterocycles. The quantitative estimate of drug-likeness (QED) is 0.355. The van der Waals surface area contributed by atoms with E-state index in [0.29, 0.717) is 48.7 Å². The zero-order valence-electron chi connectivity index (χ0n) is 20.3. The smallest absolute Gasteiger partial charge is 0.227 e. The van der Waals surface area contributed by atoms with Gasteiger partial charge in [0.25, 0.3) is 0 Å². The Labute approximate surface area is 206 Å². The standard InChI is InChI=1S/C26H34ClN3O4/c1-5-15-29(16-22(31)18-33-6-2)17-23-19(3)28-30(21-13-11-20(27)12-14-21)26(23)34-25-10-8-7-9-24(25)32-4/h7-14,22,31H,5-6,15-18H2,1-4H3/t22-/m1/s1. The van der Waals surface area contributed by atoms with E-state index in [-0.39, 0.29) is 0 Å². The molecule has 7 nitrogen and oxygen atoms in total. The number of aromatic nitrogens is 2. The van der Waals surface area contributed by atoms with Gasteiger partial charge in [0.05, 0.1) is 36.8 Å². The molecule has 1 aromatic heterocycles. The molecule has 8 heteroatoms. The van der Waals surface area contributed by atoms with Crippen LogP contribution in [0.3, 0.4) is 0 Å². The van der Waals surface area contributed by atoms with Crippen LogP contribution in [0.4, 0.5) is 0 Å². The molecule has 0 amide bonds. The summed E-state index contributed by atoms with van der Waals surface area (Å²) in [6, 6.07) is 15.0. The van der Waals surface area contributed by atoms with Crippen LogP contribution in [0.25, 0.3) is 5.69 Å². The highest BCUT2D eigenvalue weighted by atomic mass is 35.5. The van der Waals surface area contributed by atoms with Crippen molar-refractivity contribution in [2.75, 3.05) is 33.4 Å². The molecule has 0 saturated heterocycles. The van der Waals surface area contributed by atoms with Gasteiger partial charge in [-0.15, -0.1) is 0 Å². The Hall–Kier alpha value is -2.58. The summed E-state index contributed by atoms with van der Waals surface area (Å²) in [5, 5.41) is 15.9. The number of aliphatic hydroxyl groups excluding tert-OH is 1. The van der Waals surface area contributed by atoms with Gasteiger partial charge in [0, 0.05) is 24.7 Å². The molecule has 3 rings (SSSR count). The third kappa shape index (κ3) is 6.73. The summed E-state index contributed by atoms with van der Waals surface area (Å²) in [6.45, 7) is 8.79. The van der Waals surface area contributed by atoms with E-state index >= 15 is 0 Å². The Morgan fingerprint density at radius 1 is 1.09 bits per heavy atom. The van der Waals surface area contributed by atoms with E-state index in [4.69, 9.17) is 30.9 Å². The molecule has 0 saturated carbocycles. The predicted octanol–water partition coefficient (Wildman–Crippen LogP) is 5.24. The first kappa shape index (κ1) is 26.0. The number of benzene rings is 2. The summed E-state index contributed by atoms with van der Waals surface area (Å²) < 4.78 is 19.1. The first-order valence-electron chi connectivity index (χ1n) is 11.6.